The van der Waals surface area contributed by atoms with Crippen LogP contribution in [0.4, 0.5) is 0 Å². The van der Waals surface area contributed by atoms with Crippen LogP contribution in [0.5, 0.6) is 5.75 Å². The first-order valence-corrected chi connectivity index (χ1v) is 9.20. The third-order valence-corrected chi connectivity index (χ3v) is 5.04. The monoisotopic (exact) mass is 373 g/mol. The van der Waals surface area contributed by atoms with Crippen LogP contribution >= 0.6 is 0 Å². The van der Waals surface area contributed by atoms with E-state index < -0.39 is 0 Å². The third kappa shape index (κ3) is 3.98. The van der Waals surface area contributed by atoms with Crippen LogP contribution in [0, 0.1) is 12.8 Å². The van der Waals surface area contributed by atoms with Crippen LogP contribution in [-0.2, 0) is 4.74 Å². The van der Waals surface area contributed by atoms with E-state index in [4.69, 9.17) is 13.9 Å². The van der Waals surface area contributed by atoms with Gasteiger partial charge in [-0.25, -0.2) is 0 Å². The molecule has 7 heteroatoms. The maximum absolute atomic E-state index is 13.1. The summed E-state index contributed by atoms with van der Waals surface area (Å²) in [5, 5.41) is 8.37. The van der Waals surface area contributed by atoms with Crippen molar-refractivity contribution in [3.05, 3.63) is 41.1 Å². The summed E-state index contributed by atoms with van der Waals surface area (Å²) in [7, 11) is 3.29. The van der Waals surface area contributed by atoms with Gasteiger partial charge in [-0.05, 0) is 30.7 Å². The Labute approximate surface area is 159 Å². The van der Waals surface area contributed by atoms with Crippen LogP contribution < -0.4 is 4.74 Å². The second-order valence-electron chi connectivity index (χ2n) is 7.35. The molecule has 2 heterocycles. The number of aryl methyl sites for hydroxylation is 1. The summed E-state index contributed by atoms with van der Waals surface area (Å²) >= 11 is 0. The zero-order valence-corrected chi connectivity index (χ0v) is 16.6. The molecular formula is C20H27N3O4. The van der Waals surface area contributed by atoms with Crippen molar-refractivity contribution in [1.82, 2.24) is 15.1 Å². The number of amides is 1. The van der Waals surface area contributed by atoms with Gasteiger partial charge in [0.25, 0.3) is 5.91 Å². The molecule has 0 unspecified atom stereocenters. The van der Waals surface area contributed by atoms with Crippen molar-refractivity contribution in [2.75, 3.05) is 33.9 Å². The molecule has 1 fully saturated rings. The minimum Gasteiger partial charge on any atom is -0.497 e. The largest absolute Gasteiger partial charge is 0.497 e. The van der Waals surface area contributed by atoms with Crippen LogP contribution in [-0.4, -0.2) is 54.9 Å². The molecule has 1 aromatic heterocycles. The maximum Gasteiger partial charge on any atom is 0.254 e. The highest BCUT2D eigenvalue weighted by Gasteiger charge is 2.40. The fraction of sp³-hybridized carbons (Fsp3) is 0.550. The number of carbonyl (C=O) groups is 1. The quantitative estimate of drug-likeness (QED) is 0.775. The summed E-state index contributed by atoms with van der Waals surface area (Å²) in [6.07, 6.45) is 0. The number of nitrogens with zero attached hydrogens (tertiary/aromatic N) is 3. The van der Waals surface area contributed by atoms with Gasteiger partial charge in [0.15, 0.2) is 0 Å². The van der Waals surface area contributed by atoms with Crippen LogP contribution in [0.3, 0.4) is 0 Å². The van der Waals surface area contributed by atoms with Gasteiger partial charge in [0, 0.05) is 37.6 Å². The zero-order valence-electron chi connectivity index (χ0n) is 16.6. The molecule has 0 aliphatic carbocycles. The van der Waals surface area contributed by atoms with E-state index in [0.29, 0.717) is 37.0 Å². The van der Waals surface area contributed by atoms with Crippen molar-refractivity contribution in [1.29, 1.82) is 0 Å². The molecule has 7 nitrogen and oxygen atoms in total. The van der Waals surface area contributed by atoms with Crippen LogP contribution in [0.25, 0.3) is 0 Å². The molecular weight excluding hydrogens is 346 g/mol. The Balaban J connectivity index is 1.82. The SMILES string of the molecule is COC[C@@H]1CN(C(=O)c2ccc(OC)cc2C)C[C@H]1c1nnc(C(C)C)o1. The molecule has 0 saturated carbocycles. The summed E-state index contributed by atoms with van der Waals surface area (Å²) in [4.78, 5) is 14.9. The molecule has 1 aliphatic heterocycles. The standard InChI is InChI=1S/C20H27N3O4/c1-12(2)18-21-22-19(27-18)17-10-23(9-14(17)11-25-4)20(24)16-7-6-15(26-5)8-13(16)3/h6-8,12,14,17H,9-11H2,1-5H3/t14-,17+/m0/s1. The van der Waals surface area contributed by atoms with Crippen molar-refractivity contribution in [3.63, 3.8) is 0 Å². The molecule has 1 amide bonds. The van der Waals surface area contributed by atoms with Crippen LogP contribution in [0.1, 0.15) is 53.4 Å². The van der Waals surface area contributed by atoms with Gasteiger partial charge in [-0.2, -0.15) is 0 Å². The smallest absolute Gasteiger partial charge is 0.254 e. The van der Waals surface area contributed by atoms with Crippen molar-refractivity contribution in [2.24, 2.45) is 5.92 Å². The van der Waals surface area contributed by atoms with E-state index >= 15 is 0 Å². The van der Waals surface area contributed by atoms with Gasteiger partial charge in [-0.15, -0.1) is 10.2 Å². The van der Waals surface area contributed by atoms with Crippen molar-refractivity contribution in [3.8, 4) is 5.75 Å². The first kappa shape index (κ1) is 19.4. The predicted octanol–water partition coefficient (Wildman–Crippen LogP) is 3.01. The first-order valence-electron chi connectivity index (χ1n) is 9.20. The predicted molar refractivity (Wildman–Crippen MR) is 100 cm³/mol. The van der Waals surface area contributed by atoms with Crippen molar-refractivity contribution >= 4 is 5.91 Å². The lowest BCUT2D eigenvalue weighted by Crippen LogP contribution is -2.29. The summed E-state index contributed by atoms with van der Waals surface area (Å²) in [5.74, 6) is 2.23. The number of rotatable bonds is 6. The maximum atomic E-state index is 13.1. The van der Waals surface area contributed by atoms with Gasteiger partial charge in [0.2, 0.25) is 11.8 Å². The Morgan fingerprint density at radius 3 is 2.67 bits per heavy atom. The molecule has 1 saturated heterocycles. The second kappa shape index (κ2) is 8.08. The molecule has 0 spiro atoms. The van der Waals surface area contributed by atoms with Gasteiger partial charge in [-0.1, -0.05) is 13.8 Å². The number of ether oxygens (including phenoxy) is 2. The van der Waals surface area contributed by atoms with E-state index in [-0.39, 0.29) is 23.7 Å². The van der Waals surface area contributed by atoms with Gasteiger partial charge in [-0.3, -0.25) is 4.79 Å². The summed E-state index contributed by atoms with van der Waals surface area (Å²) in [5.41, 5.74) is 1.58. The number of hydrogen-bond acceptors (Lipinski definition) is 6. The van der Waals surface area contributed by atoms with E-state index in [0.717, 1.165) is 11.3 Å². The highest BCUT2D eigenvalue weighted by atomic mass is 16.5. The highest BCUT2D eigenvalue weighted by molar-refractivity contribution is 5.96. The van der Waals surface area contributed by atoms with E-state index in [1.807, 2.05) is 43.9 Å². The minimum atomic E-state index is -0.0209. The van der Waals surface area contributed by atoms with E-state index in [1.165, 1.54) is 0 Å². The lowest BCUT2D eigenvalue weighted by molar-refractivity contribution is 0.0774. The highest BCUT2D eigenvalue weighted by Crippen LogP contribution is 2.34. The summed E-state index contributed by atoms with van der Waals surface area (Å²) in [6, 6.07) is 5.51. The third-order valence-electron chi connectivity index (χ3n) is 5.04. The van der Waals surface area contributed by atoms with Gasteiger partial charge < -0.3 is 18.8 Å². The molecule has 1 aromatic carbocycles. The minimum absolute atomic E-state index is 0.00218. The van der Waals surface area contributed by atoms with Crippen molar-refractivity contribution < 1.29 is 18.7 Å². The fourth-order valence-corrected chi connectivity index (χ4v) is 3.50. The number of carbonyl (C=O) groups excluding carboxylic acids is 1. The Morgan fingerprint density at radius 2 is 2.07 bits per heavy atom. The number of aromatic nitrogens is 2. The molecule has 146 valence electrons. The van der Waals surface area contributed by atoms with Gasteiger partial charge >= 0.3 is 0 Å². The number of benzene rings is 1. The molecule has 3 rings (SSSR count). The second-order valence-corrected chi connectivity index (χ2v) is 7.35. The van der Waals surface area contributed by atoms with Crippen LogP contribution in [0.2, 0.25) is 0 Å². The zero-order chi connectivity index (χ0) is 19.6. The Hall–Kier alpha value is -2.41. The van der Waals surface area contributed by atoms with E-state index in [2.05, 4.69) is 10.2 Å². The average Bonchev–Trinajstić information content (AvgIpc) is 3.28. The molecule has 27 heavy (non-hydrogen) atoms. The van der Waals surface area contributed by atoms with Crippen LogP contribution in [0.15, 0.2) is 22.6 Å². The molecule has 2 atom stereocenters. The lowest BCUT2D eigenvalue weighted by atomic mass is 9.97. The number of likely N-dealkylation sites (tertiary alicyclic amines) is 1. The van der Waals surface area contributed by atoms with Gasteiger partial charge in [0.1, 0.15) is 5.75 Å². The Kier molecular flexibility index (Phi) is 5.79. The molecule has 1 aliphatic rings. The summed E-state index contributed by atoms with van der Waals surface area (Å²) < 4.78 is 16.5. The lowest BCUT2D eigenvalue weighted by Gasteiger charge is -2.18. The van der Waals surface area contributed by atoms with Gasteiger partial charge in [0.05, 0.1) is 19.6 Å². The summed E-state index contributed by atoms with van der Waals surface area (Å²) in [6.45, 7) is 7.63. The fourth-order valence-electron chi connectivity index (χ4n) is 3.50. The average molecular weight is 373 g/mol. The van der Waals surface area contributed by atoms with E-state index in [1.54, 1.807) is 14.2 Å². The normalized spacial score (nSPS) is 19.7. The molecule has 2 aromatic rings. The topological polar surface area (TPSA) is 77.7 Å². The molecule has 0 radical (unpaired) electrons. The number of methoxy groups -OCH3 is 2. The molecule has 0 bridgehead atoms. The Bertz CT molecular complexity index is 802. The Morgan fingerprint density at radius 1 is 1.30 bits per heavy atom. The van der Waals surface area contributed by atoms with E-state index in [9.17, 15) is 4.79 Å². The number of hydrogen-bond donors (Lipinski definition) is 0. The first-order chi connectivity index (χ1) is 12.9. The molecule has 0 N–H and O–H groups in total. The van der Waals surface area contributed by atoms with Crippen molar-refractivity contribution in [2.45, 2.75) is 32.6 Å².